The summed E-state index contributed by atoms with van der Waals surface area (Å²) >= 11 is 0. The molecule has 1 heterocycles. The number of pyridine rings is 1. The van der Waals surface area contributed by atoms with Crippen molar-refractivity contribution in [1.82, 2.24) is 4.98 Å². The largest absolute Gasteiger partial charge is 0.281 e. The summed E-state index contributed by atoms with van der Waals surface area (Å²) in [5.74, 6) is -0.323. The van der Waals surface area contributed by atoms with Crippen LogP contribution < -0.4 is 4.72 Å². The maximum atomic E-state index is 12.9. The summed E-state index contributed by atoms with van der Waals surface area (Å²) in [4.78, 5) is 3.84. The van der Waals surface area contributed by atoms with Crippen LogP contribution in [-0.4, -0.2) is 28.1 Å². The highest BCUT2D eigenvalue weighted by atomic mass is 32.2. The molecule has 0 saturated carbocycles. The number of hydrogen-bond donors (Lipinski definition) is 1. The second-order valence-electron chi connectivity index (χ2n) is 6.19. The molecule has 0 aliphatic heterocycles. The van der Waals surface area contributed by atoms with E-state index in [1.165, 1.54) is 42.6 Å². The number of nitrogens with one attached hydrogen (secondary N) is 1. The zero-order valence-corrected chi connectivity index (χ0v) is 16.9. The summed E-state index contributed by atoms with van der Waals surface area (Å²) in [6.45, 7) is 0. The molecular weight excluding hydrogens is 415 g/mol. The van der Waals surface area contributed by atoms with Gasteiger partial charge in [-0.1, -0.05) is 36.4 Å². The molecule has 6 nitrogen and oxygen atoms in total. The molecule has 0 amide bonds. The van der Waals surface area contributed by atoms with Crippen molar-refractivity contribution in [2.45, 2.75) is 9.92 Å². The van der Waals surface area contributed by atoms with E-state index in [4.69, 9.17) is 0 Å². The van der Waals surface area contributed by atoms with Gasteiger partial charge in [0.1, 0.15) is 5.82 Å². The summed E-state index contributed by atoms with van der Waals surface area (Å²) in [5, 5.41) is -0.375. The van der Waals surface area contributed by atoms with E-state index in [0.717, 1.165) is 17.4 Å². The standard InChI is InChI=1S/C20H17FN2O4S2/c1-28(24,25)23-19-3-2-14-22-20(19)29(26,27)18-12-8-16(9-13-18)5-4-15-6-10-17(21)11-7-15/h2-14,23H,1H3. The maximum Gasteiger partial charge on any atom is 0.229 e. The van der Waals surface area contributed by atoms with Crippen molar-refractivity contribution < 1.29 is 21.2 Å². The summed E-state index contributed by atoms with van der Waals surface area (Å²) in [6, 6.07) is 14.8. The Morgan fingerprint density at radius 1 is 0.862 bits per heavy atom. The van der Waals surface area contributed by atoms with Gasteiger partial charge in [0.15, 0.2) is 5.03 Å². The molecule has 29 heavy (non-hydrogen) atoms. The van der Waals surface area contributed by atoms with Crippen LogP contribution >= 0.6 is 0 Å². The Bertz CT molecular complexity index is 1250. The lowest BCUT2D eigenvalue weighted by molar-refractivity contribution is 0.593. The third-order valence-corrected chi connectivity index (χ3v) is 6.17. The molecule has 3 rings (SSSR count). The smallest absolute Gasteiger partial charge is 0.229 e. The second kappa shape index (κ2) is 8.14. The summed E-state index contributed by atoms with van der Waals surface area (Å²) in [7, 11) is -7.71. The number of benzene rings is 2. The maximum absolute atomic E-state index is 12.9. The van der Waals surface area contributed by atoms with Crippen molar-refractivity contribution in [3.8, 4) is 0 Å². The Balaban J connectivity index is 1.88. The molecule has 0 spiro atoms. The van der Waals surface area contributed by atoms with Gasteiger partial charge in [-0.2, -0.15) is 0 Å². The van der Waals surface area contributed by atoms with E-state index in [2.05, 4.69) is 9.71 Å². The van der Waals surface area contributed by atoms with Crippen LogP contribution in [-0.2, 0) is 19.9 Å². The molecule has 0 fully saturated rings. The minimum atomic E-state index is -4.03. The van der Waals surface area contributed by atoms with Crippen molar-refractivity contribution in [2.24, 2.45) is 0 Å². The Morgan fingerprint density at radius 3 is 1.97 bits per heavy atom. The first kappa shape index (κ1) is 20.7. The Labute approximate surface area is 168 Å². The van der Waals surface area contributed by atoms with Gasteiger partial charge in [0.2, 0.25) is 19.9 Å². The number of nitrogens with zero attached hydrogens (tertiary/aromatic N) is 1. The molecule has 1 aromatic heterocycles. The van der Waals surface area contributed by atoms with Crippen molar-refractivity contribution >= 4 is 37.7 Å². The fraction of sp³-hybridized carbons (Fsp3) is 0.0500. The van der Waals surface area contributed by atoms with Crippen LogP contribution in [0.1, 0.15) is 11.1 Å². The third-order valence-electron chi connectivity index (χ3n) is 3.85. The summed E-state index contributed by atoms with van der Waals surface area (Å²) in [6.07, 6.45) is 5.75. The van der Waals surface area contributed by atoms with Gasteiger partial charge in [-0.25, -0.2) is 26.2 Å². The molecule has 0 unspecified atom stereocenters. The molecule has 0 bridgehead atoms. The molecule has 9 heteroatoms. The number of hydrogen-bond acceptors (Lipinski definition) is 5. The molecule has 1 N–H and O–H groups in total. The Kier molecular flexibility index (Phi) is 5.81. The molecule has 0 radical (unpaired) electrons. The Hall–Kier alpha value is -3.04. The number of sulfonamides is 1. The molecule has 0 aliphatic carbocycles. The first-order chi connectivity index (χ1) is 13.6. The number of anilines is 1. The number of sulfone groups is 1. The van der Waals surface area contributed by atoms with E-state index in [1.54, 1.807) is 36.4 Å². The first-order valence-electron chi connectivity index (χ1n) is 8.37. The van der Waals surface area contributed by atoms with Gasteiger partial charge in [-0.3, -0.25) is 4.72 Å². The van der Waals surface area contributed by atoms with E-state index in [1.807, 2.05) is 0 Å². The predicted molar refractivity (Wildman–Crippen MR) is 110 cm³/mol. The van der Waals surface area contributed by atoms with Gasteiger partial charge in [-0.05, 0) is 47.5 Å². The summed E-state index contributed by atoms with van der Waals surface area (Å²) in [5.41, 5.74) is 1.42. The van der Waals surface area contributed by atoms with Crippen molar-refractivity contribution in [1.29, 1.82) is 0 Å². The van der Waals surface area contributed by atoms with Gasteiger partial charge in [0.05, 0.1) is 16.8 Å². The highest BCUT2D eigenvalue weighted by Crippen LogP contribution is 2.26. The molecule has 150 valence electrons. The molecule has 0 aliphatic rings. The molecule has 0 saturated heterocycles. The van der Waals surface area contributed by atoms with Crippen molar-refractivity contribution in [3.63, 3.8) is 0 Å². The lowest BCUT2D eigenvalue weighted by atomic mass is 10.1. The van der Waals surface area contributed by atoms with Gasteiger partial charge in [0.25, 0.3) is 0 Å². The van der Waals surface area contributed by atoms with Gasteiger partial charge < -0.3 is 0 Å². The average Bonchev–Trinajstić information content (AvgIpc) is 2.67. The topological polar surface area (TPSA) is 93.2 Å². The van der Waals surface area contributed by atoms with Crippen molar-refractivity contribution in [3.05, 3.63) is 83.8 Å². The van der Waals surface area contributed by atoms with E-state index >= 15 is 0 Å². The first-order valence-corrected chi connectivity index (χ1v) is 11.7. The molecule has 2 aromatic carbocycles. The number of halogens is 1. The zero-order valence-electron chi connectivity index (χ0n) is 15.3. The van der Waals surface area contributed by atoms with E-state index < -0.39 is 19.9 Å². The highest BCUT2D eigenvalue weighted by Gasteiger charge is 2.24. The number of rotatable bonds is 6. The average molecular weight is 432 g/mol. The fourth-order valence-corrected chi connectivity index (χ4v) is 4.47. The van der Waals surface area contributed by atoms with E-state index in [0.29, 0.717) is 0 Å². The summed E-state index contributed by atoms with van der Waals surface area (Å²) < 4.78 is 64.0. The molecule has 0 atom stereocenters. The van der Waals surface area contributed by atoms with Crippen LogP contribution in [0.4, 0.5) is 10.1 Å². The predicted octanol–water partition coefficient (Wildman–Crippen LogP) is 3.60. The van der Waals surface area contributed by atoms with Crippen molar-refractivity contribution in [2.75, 3.05) is 11.0 Å². The minimum Gasteiger partial charge on any atom is -0.281 e. The molecule has 3 aromatic rings. The van der Waals surface area contributed by atoms with Crippen LogP contribution in [0.5, 0.6) is 0 Å². The second-order valence-corrected chi connectivity index (χ2v) is 9.80. The van der Waals surface area contributed by atoms with Crippen LogP contribution in [0.25, 0.3) is 12.2 Å². The lowest BCUT2D eigenvalue weighted by Gasteiger charge is -2.10. The van der Waals surface area contributed by atoms with E-state index in [-0.39, 0.29) is 21.4 Å². The quantitative estimate of drug-likeness (QED) is 0.601. The van der Waals surface area contributed by atoms with Crippen LogP contribution in [0.15, 0.2) is 76.8 Å². The van der Waals surface area contributed by atoms with E-state index in [9.17, 15) is 21.2 Å². The van der Waals surface area contributed by atoms with Gasteiger partial charge >= 0.3 is 0 Å². The zero-order chi connectivity index (χ0) is 21.1. The fourth-order valence-electron chi connectivity index (χ4n) is 2.52. The van der Waals surface area contributed by atoms with Crippen LogP contribution in [0.3, 0.4) is 0 Å². The van der Waals surface area contributed by atoms with Gasteiger partial charge in [-0.15, -0.1) is 0 Å². The SMILES string of the molecule is CS(=O)(=O)Nc1cccnc1S(=O)(=O)c1ccc(C=Cc2ccc(F)cc2)cc1. The normalized spacial score (nSPS) is 12.2. The monoisotopic (exact) mass is 432 g/mol. The number of aromatic nitrogens is 1. The minimum absolute atomic E-state index is 0.0216. The Morgan fingerprint density at radius 2 is 1.41 bits per heavy atom. The lowest BCUT2D eigenvalue weighted by Crippen LogP contribution is -2.14. The van der Waals surface area contributed by atoms with Crippen LogP contribution in [0, 0.1) is 5.82 Å². The van der Waals surface area contributed by atoms with Gasteiger partial charge in [0, 0.05) is 6.20 Å². The molecular formula is C20H17FN2O4S2. The highest BCUT2D eigenvalue weighted by molar-refractivity contribution is 7.92. The third kappa shape index (κ3) is 5.27. The van der Waals surface area contributed by atoms with Crippen LogP contribution in [0.2, 0.25) is 0 Å².